The normalized spacial score (nSPS) is 10.1. The summed E-state index contributed by atoms with van der Waals surface area (Å²) in [5.41, 5.74) is 4.22. The summed E-state index contributed by atoms with van der Waals surface area (Å²) < 4.78 is 9.28. The number of carbonyl (C=O) groups excluding carboxylic acids is 3. The maximum absolute atomic E-state index is 11.2. The molecule has 0 amide bonds. The summed E-state index contributed by atoms with van der Waals surface area (Å²) in [5, 5.41) is 4.69. The lowest BCUT2D eigenvalue weighted by molar-refractivity contribution is -0.138. The van der Waals surface area contributed by atoms with Crippen LogP contribution in [0.5, 0.6) is 0 Å². The van der Waals surface area contributed by atoms with E-state index < -0.39 is 0 Å². The summed E-state index contributed by atoms with van der Waals surface area (Å²) >= 11 is 0. The zero-order chi connectivity index (χ0) is 27.9. The molecule has 0 heterocycles. The number of hydrogen-bond acceptors (Lipinski definition) is 5. The zero-order valence-corrected chi connectivity index (χ0v) is 22.4. The highest BCUT2D eigenvalue weighted by atomic mass is 16.5. The van der Waals surface area contributed by atoms with Crippen molar-refractivity contribution < 1.29 is 23.9 Å². The Bertz CT molecular complexity index is 1430. The Labute approximate surface area is 224 Å². The highest BCUT2D eigenvalue weighted by Gasteiger charge is 1.97. The molecule has 0 aliphatic rings. The van der Waals surface area contributed by atoms with Gasteiger partial charge in [-0.05, 0) is 73.0 Å². The van der Waals surface area contributed by atoms with E-state index in [4.69, 9.17) is 4.74 Å². The minimum absolute atomic E-state index is 0.304. The monoisotopic (exact) mass is 510 g/mol. The quantitative estimate of drug-likeness (QED) is 0.153. The summed E-state index contributed by atoms with van der Waals surface area (Å²) in [6.45, 7) is 11.7. The Morgan fingerprint density at radius 3 is 1.61 bits per heavy atom. The van der Waals surface area contributed by atoms with E-state index in [0.29, 0.717) is 13.2 Å². The van der Waals surface area contributed by atoms with Crippen molar-refractivity contribution in [2.45, 2.75) is 27.7 Å². The van der Waals surface area contributed by atoms with E-state index in [-0.39, 0.29) is 11.9 Å². The average molecular weight is 511 g/mol. The van der Waals surface area contributed by atoms with Crippen LogP contribution in [-0.4, -0.2) is 31.4 Å². The molecule has 0 aromatic heterocycles. The third kappa shape index (κ3) is 9.86. The number of aryl methyl sites for hydroxylation is 2. The van der Waals surface area contributed by atoms with Crippen LogP contribution in [0, 0.1) is 13.8 Å². The lowest BCUT2D eigenvalue weighted by atomic mass is 10.0. The molecule has 0 saturated carbocycles. The van der Waals surface area contributed by atoms with Gasteiger partial charge in [0, 0.05) is 17.7 Å². The van der Waals surface area contributed by atoms with Crippen molar-refractivity contribution in [1.82, 2.24) is 0 Å². The van der Waals surface area contributed by atoms with E-state index in [1.54, 1.807) is 19.9 Å². The van der Waals surface area contributed by atoms with E-state index in [9.17, 15) is 14.4 Å². The first-order valence-corrected chi connectivity index (χ1v) is 12.4. The fourth-order valence-electron chi connectivity index (χ4n) is 3.50. The van der Waals surface area contributed by atoms with Crippen LogP contribution in [0.4, 0.5) is 0 Å². The van der Waals surface area contributed by atoms with E-state index in [1.165, 1.54) is 33.4 Å². The fourth-order valence-corrected chi connectivity index (χ4v) is 3.50. The second-order valence-corrected chi connectivity index (χ2v) is 8.38. The van der Waals surface area contributed by atoms with E-state index in [1.807, 2.05) is 30.3 Å². The van der Waals surface area contributed by atoms with E-state index in [0.717, 1.165) is 28.9 Å². The summed E-state index contributed by atoms with van der Waals surface area (Å²) in [5.74, 6) is -0.663. The van der Waals surface area contributed by atoms with Gasteiger partial charge in [-0.15, -0.1) is 0 Å². The molecule has 0 radical (unpaired) electrons. The van der Waals surface area contributed by atoms with Crippen LogP contribution in [0.3, 0.4) is 0 Å². The van der Waals surface area contributed by atoms with Crippen molar-refractivity contribution in [3.05, 3.63) is 114 Å². The molecule has 0 spiro atoms. The molecular formula is C33H34O5. The van der Waals surface area contributed by atoms with Crippen LogP contribution in [0.1, 0.15) is 40.9 Å². The third-order valence-corrected chi connectivity index (χ3v) is 5.33. The Hall–Kier alpha value is -4.51. The maximum Gasteiger partial charge on any atom is 0.330 e. The number of fused-ring (bicyclic) bond motifs is 2. The summed E-state index contributed by atoms with van der Waals surface area (Å²) in [6.07, 6.45) is 5.25. The topological polar surface area (TPSA) is 69.7 Å². The van der Waals surface area contributed by atoms with Gasteiger partial charge < -0.3 is 9.47 Å². The molecule has 0 aliphatic carbocycles. The number of carbonyl (C=O) groups is 3. The lowest BCUT2D eigenvalue weighted by Gasteiger charge is -2.01. The molecule has 0 bridgehead atoms. The van der Waals surface area contributed by atoms with E-state index >= 15 is 0 Å². The van der Waals surface area contributed by atoms with Crippen molar-refractivity contribution in [1.29, 1.82) is 0 Å². The van der Waals surface area contributed by atoms with Gasteiger partial charge in [-0.2, -0.15) is 0 Å². The highest BCUT2D eigenvalue weighted by molar-refractivity contribution is 5.90. The molecule has 4 rings (SSSR count). The molecule has 0 saturated heterocycles. The number of aldehydes is 1. The Balaban J connectivity index is 0.000000221. The number of hydrogen-bond donors (Lipinski definition) is 0. The Kier molecular flexibility index (Phi) is 12.2. The first-order chi connectivity index (χ1) is 18.3. The number of ether oxygens (including phenoxy) is 2. The summed E-state index contributed by atoms with van der Waals surface area (Å²) in [4.78, 5) is 31.8. The molecule has 4 aromatic carbocycles. The van der Waals surface area contributed by atoms with Crippen molar-refractivity contribution in [3.63, 3.8) is 0 Å². The minimum atomic E-state index is -0.359. The molecule has 196 valence electrons. The van der Waals surface area contributed by atoms with Gasteiger partial charge >= 0.3 is 11.9 Å². The summed E-state index contributed by atoms with van der Waals surface area (Å²) in [6, 6.07) is 24.4. The highest BCUT2D eigenvalue weighted by Crippen LogP contribution is 2.19. The third-order valence-electron chi connectivity index (χ3n) is 5.33. The second-order valence-electron chi connectivity index (χ2n) is 8.38. The van der Waals surface area contributed by atoms with Crippen molar-refractivity contribution in [3.8, 4) is 0 Å². The average Bonchev–Trinajstić information content (AvgIpc) is 2.92. The SMILES string of the molecule is C=CC(=O)OCC.CCOC(=O)/C=C/c1ccc2cc(C)ccc2c1.Cc1ccc2cc(C=O)ccc2c1. The number of esters is 2. The molecule has 0 aliphatic heterocycles. The molecule has 5 heteroatoms. The van der Waals surface area contributed by atoms with Gasteiger partial charge in [-0.3, -0.25) is 4.79 Å². The van der Waals surface area contributed by atoms with Gasteiger partial charge in [0.05, 0.1) is 13.2 Å². The predicted molar refractivity (Wildman–Crippen MR) is 155 cm³/mol. The van der Waals surface area contributed by atoms with Crippen molar-refractivity contribution in [2.24, 2.45) is 0 Å². The Morgan fingerprint density at radius 2 is 1.13 bits per heavy atom. The molecule has 38 heavy (non-hydrogen) atoms. The summed E-state index contributed by atoms with van der Waals surface area (Å²) in [7, 11) is 0. The van der Waals surface area contributed by atoms with Gasteiger partial charge in [-0.25, -0.2) is 9.59 Å². The molecule has 0 atom stereocenters. The molecule has 5 nitrogen and oxygen atoms in total. The molecule has 0 N–H and O–H groups in total. The van der Waals surface area contributed by atoms with Crippen LogP contribution in [-0.2, 0) is 19.1 Å². The first kappa shape index (κ1) is 29.7. The van der Waals surface area contributed by atoms with Gasteiger partial charge in [0.2, 0.25) is 0 Å². The zero-order valence-electron chi connectivity index (χ0n) is 22.4. The van der Waals surface area contributed by atoms with Gasteiger partial charge in [-0.1, -0.05) is 78.4 Å². The maximum atomic E-state index is 11.2. The standard InChI is InChI=1S/C16H16O2.C12H10O.C5H8O2/c1-3-18-16(17)9-6-13-5-8-14-10-12(2)4-7-15(14)11-13;1-9-2-4-12-7-10(8-13)3-5-11(12)6-9;1-3-5(6)7-4-2/h4-11H,3H2,1-2H3;2-8H,1H3;3H,1,4H2,2H3/b9-6+;;. The smallest absolute Gasteiger partial charge is 0.330 e. The number of rotatable bonds is 6. The van der Waals surface area contributed by atoms with Crippen LogP contribution < -0.4 is 0 Å². The van der Waals surface area contributed by atoms with Gasteiger partial charge in [0.15, 0.2) is 0 Å². The molecule has 0 fully saturated rings. The molecular weight excluding hydrogens is 476 g/mol. The molecule has 0 unspecified atom stereocenters. The number of benzene rings is 4. The lowest BCUT2D eigenvalue weighted by Crippen LogP contribution is -1.98. The van der Waals surface area contributed by atoms with Crippen LogP contribution >= 0.6 is 0 Å². The van der Waals surface area contributed by atoms with Gasteiger partial charge in [0.1, 0.15) is 6.29 Å². The first-order valence-electron chi connectivity index (χ1n) is 12.4. The van der Waals surface area contributed by atoms with Crippen LogP contribution in [0.15, 0.2) is 91.5 Å². The fraction of sp³-hybridized carbons (Fsp3) is 0.182. The van der Waals surface area contributed by atoms with Gasteiger partial charge in [0.25, 0.3) is 0 Å². The van der Waals surface area contributed by atoms with Crippen LogP contribution in [0.2, 0.25) is 0 Å². The predicted octanol–water partition coefficient (Wildman–Crippen LogP) is 7.42. The van der Waals surface area contributed by atoms with Crippen molar-refractivity contribution in [2.75, 3.05) is 13.2 Å². The largest absolute Gasteiger partial charge is 0.463 e. The second kappa shape index (κ2) is 15.6. The Morgan fingerprint density at radius 1 is 0.684 bits per heavy atom. The van der Waals surface area contributed by atoms with Crippen molar-refractivity contribution >= 4 is 45.8 Å². The van der Waals surface area contributed by atoms with E-state index in [2.05, 4.69) is 67.6 Å². The van der Waals surface area contributed by atoms with Crippen LogP contribution in [0.25, 0.3) is 27.6 Å². The molecule has 4 aromatic rings. The minimum Gasteiger partial charge on any atom is -0.463 e.